The van der Waals surface area contributed by atoms with Crippen molar-refractivity contribution in [2.45, 2.75) is 18.4 Å². The monoisotopic (exact) mass is 313 g/mol. The van der Waals surface area contributed by atoms with Crippen LogP contribution in [0.1, 0.15) is 11.4 Å². The van der Waals surface area contributed by atoms with Gasteiger partial charge in [0, 0.05) is 6.07 Å². The van der Waals surface area contributed by atoms with Gasteiger partial charge >= 0.3 is 0 Å². The highest BCUT2D eigenvalue weighted by molar-refractivity contribution is 7.89. The lowest BCUT2D eigenvalue weighted by Gasteiger charge is -2.09. The third-order valence-electron chi connectivity index (χ3n) is 2.62. The Morgan fingerprint density at radius 2 is 2.19 bits per heavy atom. The van der Waals surface area contributed by atoms with Crippen molar-refractivity contribution < 1.29 is 13.3 Å². The Labute approximate surface area is 118 Å². The number of nitro groups is 1. The smallest absolute Gasteiger partial charge is 0.293 e. The van der Waals surface area contributed by atoms with Crippen LogP contribution in [0.15, 0.2) is 17.0 Å². The van der Waals surface area contributed by atoms with Gasteiger partial charge in [0.2, 0.25) is 10.0 Å². The topological polar surface area (TPSA) is 170 Å². The Kier molecular flexibility index (Phi) is 3.82. The van der Waals surface area contributed by atoms with E-state index in [1.807, 2.05) is 0 Å². The molecule has 0 fully saturated rings. The summed E-state index contributed by atoms with van der Waals surface area (Å²) in [6, 6.07) is 2.16. The molecule has 0 aliphatic carbocycles. The Morgan fingerprint density at radius 3 is 2.76 bits per heavy atom. The largest absolute Gasteiger partial charge is 0.393 e. The highest BCUT2D eigenvalue weighted by atomic mass is 32.2. The average molecular weight is 313 g/mol. The Bertz CT molecular complexity index is 772. The maximum absolute atomic E-state index is 12.2. The zero-order valence-electron chi connectivity index (χ0n) is 10.8. The molecule has 112 valence electrons. The van der Waals surface area contributed by atoms with E-state index in [-0.39, 0.29) is 23.0 Å². The summed E-state index contributed by atoms with van der Waals surface area (Å²) in [5, 5.41) is 23.5. The summed E-state index contributed by atoms with van der Waals surface area (Å²) in [5.41, 5.74) is 5.21. The van der Waals surface area contributed by atoms with E-state index in [9.17, 15) is 18.5 Å². The molecule has 2 rings (SSSR count). The van der Waals surface area contributed by atoms with E-state index >= 15 is 0 Å². The second-order valence-electron chi connectivity index (χ2n) is 4.09. The first kappa shape index (κ1) is 14.8. The number of hydrogen-bond donors (Lipinski definition) is 3. The quantitative estimate of drug-likeness (QED) is 0.376. The molecule has 0 saturated carbocycles. The second-order valence-corrected chi connectivity index (χ2v) is 5.82. The third kappa shape index (κ3) is 3.11. The zero-order valence-corrected chi connectivity index (χ0v) is 11.6. The molecule has 12 heteroatoms. The number of nitrogens with zero attached hydrogens (tertiary/aromatic N) is 4. The summed E-state index contributed by atoms with van der Waals surface area (Å²) < 4.78 is 26.6. The van der Waals surface area contributed by atoms with E-state index in [1.165, 1.54) is 13.0 Å². The fraction of sp³-hybridized carbons (Fsp3) is 0.222. The Hall–Kier alpha value is -2.60. The van der Waals surface area contributed by atoms with Crippen molar-refractivity contribution in [3.05, 3.63) is 33.6 Å². The molecule has 11 nitrogen and oxygen atoms in total. The molecule has 4 N–H and O–H groups in total. The van der Waals surface area contributed by atoms with Gasteiger partial charge < -0.3 is 5.73 Å². The van der Waals surface area contributed by atoms with Gasteiger partial charge in [-0.2, -0.15) is 5.21 Å². The summed E-state index contributed by atoms with van der Waals surface area (Å²) in [7, 11) is -3.97. The van der Waals surface area contributed by atoms with Gasteiger partial charge in [-0.1, -0.05) is 5.21 Å². The molecule has 0 saturated heterocycles. The van der Waals surface area contributed by atoms with E-state index in [2.05, 4.69) is 25.3 Å². The molecule has 1 aromatic carbocycles. The summed E-state index contributed by atoms with van der Waals surface area (Å²) in [6.07, 6.45) is 0. The van der Waals surface area contributed by atoms with Crippen LogP contribution < -0.4 is 10.5 Å². The van der Waals surface area contributed by atoms with E-state index < -0.39 is 20.6 Å². The van der Waals surface area contributed by atoms with Gasteiger partial charge in [-0.3, -0.25) is 10.1 Å². The maximum atomic E-state index is 12.2. The Morgan fingerprint density at radius 1 is 1.48 bits per heavy atom. The number of sulfonamides is 1. The van der Waals surface area contributed by atoms with Crippen LogP contribution in [0.4, 0.5) is 11.4 Å². The van der Waals surface area contributed by atoms with Crippen LogP contribution in [0.5, 0.6) is 0 Å². The molecule has 0 aliphatic rings. The summed E-state index contributed by atoms with van der Waals surface area (Å²) in [6.45, 7) is 1.29. The van der Waals surface area contributed by atoms with Crippen LogP contribution in [0, 0.1) is 17.0 Å². The first-order chi connectivity index (χ1) is 9.81. The lowest BCUT2D eigenvalue weighted by molar-refractivity contribution is -0.384. The number of aromatic amines is 1. The molecular formula is C9H11N7O4S. The first-order valence-electron chi connectivity index (χ1n) is 5.58. The normalized spacial score (nSPS) is 11.5. The number of nitrogens with two attached hydrogens (primary N) is 1. The standard InChI is InChI=1S/C9H11N7O4S/c1-5-2-6(10)7(16(17)18)3-8(5)21(19,20)11-4-9-12-14-15-13-9/h2-3,11H,4,10H2,1H3,(H,12,13,14,15). The molecule has 2 aromatic rings. The predicted molar refractivity (Wildman–Crippen MR) is 70.4 cm³/mol. The Balaban J connectivity index is 2.35. The van der Waals surface area contributed by atoms with Gasteiger partial charge in [0.05, 0.1) is 16.4 Å². The van der Waals surface area contributed by atoms with Crippen LogP contribution in [0.25, 0.3) is 0 Å². The summed E-state index contributed by atoms with van der Waals surface area (Å²) in [5.74, 6) is 0.140. The number of nitro benzene ring substituents is 1. The molecule has 1 aromatic heterocycles. The van der Waals surface area contributed by atoms with Gasteiger partial charge in [0.25, 0.3) is 5.69 Å². The van der Waals surface area contributed by atoms with Crippen molar-refractivity contribution in [1.29, 1.82) is 0 Å². The predicted octanol–water partition coefficient (Wildman–Crippen LogP) is -0.523. The minimum Gasteiger partial charge on any atom is -0.393 e. The van der Waals surface area contributed by atoms with Gasteiger partial charge in [0.1, 0.15) is 5.69 Å². The fourth-order valence-electron chi connectivity index (χ4n) is 1.64. The number of aryl methyl sites for hydroxylation is 1. The molecule has 0 bridgehead atoms. The number of hydrogen-bond acceptors (Lipinski definition) is 8. The number of rotatable bonds is 5. The highest BCUT2D eigenvalue weighted by Gasteiger charge is 2.23. The molecule has 0 radical (unpaired) electrons. The molecule has 0 amide bonds. The number of nitrogen functional groups attached to an aromatic ring is 1. The number of tetrazole rings is 1. The third-order valence-corrected chi connectivity index (χ3v) is 4.16. The molecule has 0 unspecified atom stereocenters. The van der Waals surface area contributed by atoms with E-state index in [0.717, 1.165) is 6.07 Å². The number of anilines is 1. The average Bonchev–Trinajstić information content (AvgIpc) is 2.88. The van der Waals surface area contributed by atoms with E-state index in [4.69, 9.17) is 5.73 Å². The summed E-state index contributed by atoms with van der Waals surface area (Å²) >= 11 is 0. The summed E-state index contributed by atoms with van der Waals surface area (Å²) in [4.78, 5) is 9.86. The van der Waals surface area contributed by atoms with Crippen molar-refractivity contribution in [3.8, 4) is 0 Å². The fourth-order valence-corrected chi connectivity index (χ4v) is 2.87. The molecular weight excluding hydrogens is 302 g/mol. The van der Waals surface area contributed by atoms with Gasteiger partial charge in [0.15, 0.2) is 5.82 Å². The van der Waals surface area contributed by atoms with Crippen LogP contribution in [-0.4, -0.2) is 34.0 Å². The number of nitrogens with one attached hydrogen (secondary N) is 2. The second kappa shape index (κ2) is 5.41. The van der Waals surface area contributed by atoms with Crippen LogP contribution in [-0.2, 0) is 16.6 Å². The van der Waals surface area contributed by atoms with Crippen molar-refractivity contribution in [3.63, 3.8) is 0 Å². The zero-order chi connectivity index (χ0) is 15.6. The van der Waals surface area contributed by atoms with Crippen molar-refractivity contribution in [1.82, 2.24) is 25.3 Å². The van der Waals surface area contributed by atoms with Gasteiger partial charge in [-0.05, 0) is 18.6 Å². The van der Waals surface area contributed by atoms with Crippen molar-refractivity contribution in [2.24, 2.45) is 0 Å². The molecule has 1 heterocycles. The van der Waals surface area contributed by atoms with Crippen molar-refractivity contribution >= 4 is 21.4 Å². The van der Waals surface area contributed by atoms with E-state index in [0.29, 0.717) is 5.56 Å². The molecule has 21 heavy (non-hydrogen) atoms. The van der Waals surface area contributed by atoms with Crippen LogP contribution in [0.3, 0.4) is 0 Å². The van der Waals surface area contributed by atoms with Crippen LogP contribution >= 0.6 is 0 Å². The maximum Gasteiger partial charge on any atom is 0.293 e. The lowest BCUT2D eigenvalue weighted by atomic mass is 10.2. The molecule has 0 spiro atoms. The van der Waals surface area contributed by atoms with E-state index in [1.54, 1.807) is 0 Å². The molecule has 0 atom stereocenters. The van der Waals surface area contributed by atoms with Crippen LogP contribution in [0.2, 0.25) is 0 Å². The highest BCUT2D eigenvalue weighted by Crippen LogP contribution is 2.28. The number of aromatic nitrogens is 4. The van der Waals surface area contributed by atoms with Gasteiger partial charge in [-0.25, -0.2) is 13.1 Å². The number of H-pyrrole nitrogens is 1. The minimum absolute atomic E-state index is 0.102. The van der Waals surface area contributed by atoms with Gasteiger partial charge in [-0.15, -0.1) is 10.2 Å². The first-order valence-corrected chi connectivity index (χ1v) is 7.06. The lowest BCUT2D eigenvalue weighted by Crippen LogP contribution is -2.24. The minimum atomic E-state index is -3.97. The SMILES string of the molecule is Cc1cc(N)c([N+](=O)[O-])cc1S(=O)(=O)NCc1nn[nH]n1. The molecule has 0 aliphatic heterocycles. The number of benzene rings is 1. The van der Waals surface area contributed by atoms with Crippen molar-refractivity contribution in [2.75, 3.05) is 5.73 Å².